The molecular formula is C40H30F5N. The molecule has 2 aliphatic rings. The summed E-state index contributed by atoms with van der Waals surface area (Å²) in [5.74, 6) is -9.64. The molecule has 0 saturated heterocycles. The Morgan fingerprint density at radius 3 is 1.57 bits per heavy atom. The predicted octanol–water partition coefficient (Wildman–Crippen LogP) is 11.8. The maximum absolute atomic E-state index is 15.5. The van der Waals surface area contributed by atoms with Crippen LogP contribution in [-0.2, 0) is 5.41 Å². The number of benzene rings is 6. The topological polar surface area (TPSA) is 3.24 Å². The minimum atomic E-state index is -2.15. The summed E-state index contributed by atoms with van der Waals surface area (Å²) in [5.41, 5.74) is 3.09. The Morgan fingerprint density at radius 2 is 1.00 bits per heavy atom. The molecule has 6 aromatic carbocycles. The molecule has 0 N–H and O–H groups in total. The van der Waals surface area contributed by atoms with Gasteiger partial charge in [0.2, 0.25) is 5.82 Å². The zero-order chi connectivity index (χ0) is 32.0. The van der Waals surface area contributed by atoms with Crippen molar-refractivity contribution in [3.05, 3.63) is 132 Å². The third kappa shape index (κ3) is 3.73. The quantitative estimate of drug-likeness (QED) is 0.0825. The summed E-state index contributed by atoms with van der Waals surface area (Å²) in [5, 5.41) is 4.32. The van der Waals surface area contributed by atoms with Gasteiger partial charge in [-0.3, -0.25) is 0 Å². The van der Waals surface area contributed by atoms with E-state index in [-0.39, 0.29) is 0 Å². The zero-order valence-corrected chi connectivity index (χ0v) is 25.4. The first-order valence-corrected chi connectivity index (χ1v) is 15.6. The summed E-state index contributed by atoms with van der Waals surface area (Å²) in [6.45, 7) is 3.96. The average Bonchev–Trinajstić information content (AvgIpc) is 3.28. The van der Waals surface area contributed by atoms with Crippen molar-refractivity contribution in [1.82, 2.24) is 0 Å². The number of hydrogen-bond donors (Lipinski definition) is 0. The number of fused-ring (bicyclic) bond motifs is 5. The van der Waals surface area contributed by atoms with Crippen LogP contribution in [0.3, 0.4) is 0 Å². The Morgan fingerprint density at radius 1 is 0.522 bits per heavy atom. The van der Waals surface area contributed by atoms with E-state index in [4.69, 9.17) is 0 Å². The molecule has 0 aromatic heterocycles. The molecule has 2 atom stereocenters. The fourth-order valence-corrected chi connectivity index (χ4v) is 8.38. The Kier molecular flexibility index (Phi) is 6.34. The molecule has 230 valence electrons. The highest BCUT2D eigenvalue weighted by atomic mass is 19.2. The Bertz CT molecular complexity index is 2120. The van der Waals surface area contributed by atoms with Crippen LogP contribution < -0.4 is 4.90 Å². The lowest BCUT2D eigenvalue weighted by Crippen LogP contribution is -2.55. The van der Waals surface area contributed by atoms with E-state index in [9.17, 15) is 13.2 Å². The van der Waals surface area contributed by atoms with E-state index in [1.165, 1.54) is 4.90 Å². The van der Waals surface area contributed by atoms with Crippen molar-refractivity contribution in [3.63, 3.8) is 0 Å². The first kappa shape index (κ1) is 28.7. The first-order valence-electron chi connectivity index (χ1n) is 15.6. The average molecular weight is 620 g/mol. The highest BCUT2D eigenvalue weighted by molar-refractivity contribution is 6.21. The van der Waals surface area contributed by atoms with Gasteiger partial charge in [-0.25, -0.2) is 22.0 Å². The van der Waals surface area contributed by atoms with Crippen LogP contribution in [0.25, 0.3) is 43.8 Å². The molecule has 6 heteroatoms. The fourth-order valence-electron chi connectivity index (χ4n) is 8.38. The van der Waals surface area contributed by atoms with Crippen molar-refractivity contribution in [2.45, 2.75) is 50.5 Å². The van der Waals surface area contributed by atoms with Crippen LogP contribution in [0.15, 0.2) is 97.1 Å². The molecule has 2 unspecified atom stereocenters. The van der Waals surface area contributed by atoms with Gasteiger partial charge in [0.1, 0.15) is 5.69 Å². The first-order chi connectivity index (χ1) is 22.2. The summed E-state index contributed by atoms with van der Waals surface area (Å²) in [7, 11) is 0. The van der Waals surface area contributed by atoms with E-state index >= 15 is 8.78 Å². The summed E-state index contributed by atoms with van der Waals surface area (Å²) in [6.07, 6.45) is 2.90. The van der Waals surface area contributed by atoms with Crippen molar-refractivity contribution >= 4 is 32.9 Å². The molecule has 1 saturated carbocycles. The molecule has 1 heterocycles. The number of anilines is 2. The second-order valence-corrected chi connectivity index (χ2v) is 13.0. The lowest BCUT2D eigenvalue weighted by atomic mass is 9.61. The zero-order valence-electron chi connectivity index (χ0n) is 25.4. The van der Waals surface area contributed by atoms with Crippen molar-refractivity contribution in [3.8, 4) is 22.3 Å². The van der Waals surface area contributed by atoms with Gasteiger partial charge in [0, 0.05) is 11.1 Å². The van der Waals surface area contributed by atoms with Crippen molar-refractivity contribution in [2.24, 2.45) is 0 Å². The predicted molar refractivity (Wildman–Crippen MR) is 175 cm³/mol. The largest absolute Gasteiger partial charge is 0.329 e. The molecule has 0 amide bonds. The minimum Gasteiger partial charge on any atom is -0.329 e. The van der Waals surface area contributed by atoms with Crippen molar-refractivity contribution in [1.29, 1.82) is 0 Å². The van der Waals surface area contributed by atoms with Crippen molar-refractivity contribution in [2.75, 3.05) is 4.90 Å². The van der Waals surface area contributed by atoms with Crippen LogP contribution in [-0.4, -0.2) is 5.54 Å². The molecule has 0 spiro atoms. The smallest absolute Gasteiger partial charge is 0.200 e. The van der Waals surface area contributed by atoms with Gasteiger partial charge in [0.05, 0.1) is 5.54 Å². The normalized spacial score (nSPS) is 20.7. The molecular weight excluding hydrogens is 589 g/mol. The van der Waals surface area contributed by atoms with E-state index < -0.39 is 45.7 Å². The van der Waals surface area contributed by atoms with E-state index in [1.54, 1.807) is 6.07 Å². The van der Waals surface area contributed by atoms with Gasteiger partial charge in [-0.15, -0.1) is 0 Å². The number of rotatable bonds is 3. The second kappa shape index (κ2) is 10.1. The molecule has 1 aliphatic carbocycles. The molecule has 46 heavy (non-hydrogen) atoms. The van der Waals surface area contributed by atoms with Crippen LogP contribution in [0.4, 0.5) is 33.3 Å². The van der Waals surface area contributed by atoms with Crippen LogP contribution in [0, 0.1) is 29.1 Å². The summed E-state index contributed by atoms with van der Waals surface area (Å²) in [4.78, 5) is 1.40. The molecule has 1 fully saturated rings. The SMILES string of the molecule is CC12CCCCC1(C)N(c1c(F)c(F)c(F)c(F)c1F)c1ccc(-c3c4ccccc4c(-c4ccccc4)c4ccccc34)cc12. The van der Waals surface area contributed by atoms with Gasteiger partial charge < -0.3 is 4.90 Å². The standard InChI is InChI=1S/C40H30F5N/c1-39-20-10-11-21-40(39,2)46(38-36(44)34(42)33(41)35(43)37(38)45)30-19-18-24(22-29(30)39)32-27-16-8-6-14-25(27)31(23-12-4-3-5-13-23)26-15-7-9-17-28(26)32/h3-9,12-19,22H,10-11,20-21H2,1-2H3. The number of nitrogens with zero attached hydrogens (tertiary/aromatic N) is 1. The van der Waals surface area contributed by atoms with E-state index in [2.05, 4.69) is 49.4 Å². The van der Waals surface area contributed by atoms with Crippen LogP contribution in [0.2, 0.25) is 0 Å². The van der Waals surface area contributed by atoms with Gasteiger partial charge in [0.25, 0.3) is 0 Å². The van der Waals surface area contributed by atoms with Crippen LogP contribution in [0.5, 0.6) is 0 Å². The monoisotopic (exact) mass is 619 g/mol. The third-order valence-electron chi connectivity index (χ3n) is 10.8. The Hall–Kier alpha value is -4.71. The maximum atomic E-state index is 15.5. The Labute approximate surface area is 263 Å². The highest BCUT2D eigenvalue weighted by Crippen LogP contribution is 2.62. The third-order valence-corrected chi connectivity index (χ3v) is 10.8. The van der Waals surface area contributed by atoms with E-state index in [0.29, 0.717) is 18.5 Å². The van der Waals surface area contributed by atoms with E-state index in [1.807, 2.05) is 55.5 Å². The molecule has 0 radical (unpaired) electrons. The summed E-state index contributed by atoms with van der Waals surface area (Å²) >= 11 is 0. The van der Waals surface area contributed by atoms with Gasteiger partial charge in [-0.05, 0) is 81.3 Å². The highest BCUT2D eigenvalue weighted by Gasteiger charge is 2.59. The van der Waals surface area contributed by atoms with Crippen molar-refractivity contribution < 1.29 is 22.0 Å². The molecule has 1 aliphatic heterocycles. The van der Waals surface area contributed by atoms with Gasteiger partial charge >= 0.3 is 0 Å². The molecule has 8 rings (SSSR count). The lowest BCUT2D eigenvalue weighted by Gasteiger charge is -2.50. The van der Waals surface area contributed by atoms with Crippen LogP contribution >= 0.6 is 0 Å². The number of hydrogen-bond acceptors (Lipinski definition) is 1. The van der Waals surface area contributed by atoms with E-state index in [0.717, 1.165) is 62.2 Å². The summed E-state index contributed by atoms with van der Waals surface area (Å²) < 4.78 is 74.4. The maximum Gasteiger partial charge on any atom is 0.200 e. The fraction of sp³-hybridized carbons (Fsp3) is 0.200. The Balaban J connectivity index is 1.43. The lowest BCUT2D eigenvalue weighted by molar-refractivity contribution is 0.192. The molecule has 1 nitrogen and oxygen atoms in total. The molecule has 0 bridgehead atoms. The van der Waals surface area contributed by atoms with Crippen LogP contribution in [0.1, 0.15) is 45.1 Å². The molecule has 6 aromatic rings. The number of halogens is 5. The minimum absolute atomic E-state index is 0.466. The van der Waals surface area contributed by atoms with Gasteiger partial charge in [-0.2, -0.15) is 0 Å². The van der Waals surface area contributed by atoms with Gasteiger partial charge in [0.15, 0.2) is 23.3 Å². The second-order valence-electron chi connectivity index (χ2n) is 13.0. The van der Waals surface area contributed by atoms with Gasteiger partial charge in [-0.1, -0.05) is 105 Å². The summed E-state index contributed by atoms with van der Waals surface area (Å²) in [6, 6.07) is 32.7.